The van der Waals surface area contributed by atoms with Gasteiger partial charge in [-0.25, -0.2) is 0 Å². The van der Waals surface area contributed by atoms with E-state index in [1.807, 2.05) is 0 Å². The second-order valence-corrected chi connectivity index (χ2v) is 0. The minimum atomic E-state index is 0. The predicted molar refractivity (Wildman–Crippen MR) is 18.7 cm³/mol. The van der Waals surface area contributed by atoms with E-state index in [-0.39, 0.29) is 13.5 Å². The number of rotatable bonds is 0. The van der Waals surface area contributed by atoms with Crippen LogP contribution in [-0.2, 0) is 33.2 Å². The molecule has 0 aliphatic carbocycles. The van der Waals surface area contributed by atoms with Crippen LogP contribution in [0.4, 0.5) is 0 Å². The van der Waals surface area contributed by atoms with E-state index in [0.29, 0.717) is 0 Å². The molecule has 0 radical (unpaired) electrons. The van der Waals surface area contributed by atoms with E-state index in [2.05, 4.69) is 39.9 Å². The maximum atomic E-state index is 7.88. The molecule has 0 saturated carbocycles. The summed E-state index contributed by atoms with van der Waals surface area (Å²) in [5.41, 5.74) is 0. The van der Waals surface area contributed by atoms with E-state index >= 15 is 0 Å². The van der Waals surface area contributed by atoms with E-state index < -0.39 is 0 Å². The maximum absolute atomic E-state index is 7.88. The fourth-order valence-corrected chi connectivity index (χ4v) is 0. The third-order valence-corrected chi connectivity index (χ3v) is 0. The average molecular weight is 200 g/mol. The van der Waals surface area contributed by atoms with Crippen LogP contribution in [0, 0.1) is 0 Å². The molecule has 0 aromatic rings. The zero-order valence-electron chi connectivity index (χ0n) is 1.95. The van der Waals surface area contributed by atoms with Gasteiger partial charge in [0.1, 0.15) is 0 Å². The van der Waals surface area contributed by atoms with Gasteiger partial charge in [-0.1, -0.05) is 0 Å². The first-order valence-corrected chi connectivity index (χ1v) is 2.13. The summed E-state index contributed by atoms with van der Waals surface area (Å²) < 4.78 is 7.88. The molecule has 0 aromatic carbocycles. The van der Waals surface area contributed by atoms with Crippen LogP contribution >= 0.6 is 24.2 Å². The van der Waals surface area contributed by atoms with Crippen LogP contribution in [0.3, 0.4) is 0 Å². The molecular weight excluding hydrogens is 198 g/mol. The van der Waals surface area contributed by atoms with Crippen molar-refractivity contribution in [2.24, 2.45) is 0 Å². The summed E-state index contributed by atoms with van der Waals surface area (Å²) in [6.07, 6.45) is 0. The molecule has 0 heterocycles. The van der Waals surface area contributed by atoms with Crippen molar-refractivity contribution in [2.45, 2.75) is 0 Å². The molecule has 0 saturated heterocycles. The van der Waals surface area contributed by atoms with Crippen molar-refractivity contribution in [3.8, 4) is 0 Å². The first-order chi connectivity index (χ1) is 2.00. The van der Waals surface area contributed by atoms with Gasteiger partial charge < -0.3 is 0 Å². The summed E-state index contributed by atoms with van der Waals surface area (Å²) >= 11 is 6.08. The van der Waals surface area contributed by atoms with E-state index in [4.69, 9.17) is 3.90 Å². The Hall–Kier alpha value is 1.36. The van der Waals surface area contributed by atoms with Crippen molar-refractivity contribution in [1.29, 1.82) is 0 Å². The van der Waals surface area contributed by atoms with Gasteiger partial charge in [-0.05, 0) is 0 Å². The molecule has 5 heteroatoms. The molecule has 1 nitrogen and oxygen atoms in total. The summed E-state index contributed by atoms with van der Waals surface area (Å²) in [6, 6.07) is 0. The Morgan fingerprint density at radius 2 is 1.20 bits per heavy atom. The molecule has 5 heavy (non-hydrogen) atoms. The first-order valence-electron chi connectivity index (χ1n) is 0.258. The van der Waals surface area contributed by atoms with Crippen molar-refractivity contribution >= 4 is 24.2 Å². The molecule has 0 aromatic heterocycles. The summed E-state index contributed by atoms with van der Waals surface area (Å²) in [5.74, 6) is 0. The molecule has 0 aliphatic heterocycles. The Kier molecular flexibility index (Phi) is 179. The van der Waals surface area contributed by atoms with Crippen molar-refractivity contribution in [3.05, 3.63) is 0 Å². The van der Waals surface area contributed by atoms with Gasteiger partial charge in [-0.3, -0.25) is 0 Å². The molecule has 0 spiro atoms. The van der Waals surface area contributed by atoms with Gasteiger partial charge in [0.15, 0.2) is 0 Å². The van der Waals surface area contributed by atoms with E-state index in [0.717, 1.165) is 0 Å². The van der Waals surface area contributed by atoms with Gasteiger partial charge in [-0.15, -0.1) is 0 Å². The summed E-state index contributed by atoms with van der Waals surface area (Å²) in [7, 11) is 3.71. The normalized spacial score (nSPS) is 2.40. The molecule has 0 aliphatic rings. The molecule has 0 atom stereocenters. The van der Waals surface area contributed by atoms with Crippen LogP contribution in [-0.4, -0.2) is 0 Å². The van der Waals surface area contributed by atoms with E-state index in [9.17, 15) is 0 Å². The van der Waals surface area contributed by atoms with Crippen molar-refractivity contribution < 1.29 is 33.2 Å². The zero-order chi connectivity index (χ0) is 4.00. The summed E-state index contributed by atoms with van der Waals surface area (Å²) in [5, 5.41) is 0. The quantitative estimate of drug-likeness (QED) is 0.533. The Morgan fingerprint density at radius 3 is 1.20 bits per heavy atom. The van der Waals surface area contributed by atoms with Crippen molar-refractivity contribution in [1.82, 2.24) is 0 Å². The third-order valence-electron chi connectivity index (χ3n) is 0. The van der Waals surface area contributed by atoms with Crippen LogP contribution in [0.5, 0.6) is 0 Å². The summed E-state index contributed by atoms with van der Waals surface area (Å²) in [4.78, 5) is 0. The standard InChI is InChI=1S/2Ni.O.H2S.S/h;;;1H2;. The summed E-state index contributed by atoms with van der Waals surface area (Å²) in [6.45, 7) is 0. The van der Waals surface area contributed by atoms with E-state index in [1.165, 1.54) is 0 Å². The van der Waals surface area contributed by atoms with Crippen LogP contribution in [0.15, 0.2) is 0 Å². The van der Waals surface area contributed by atoms with Gasteiger partial charge in [0.25, 0.3) is 0 Å². The Balaban J connectivity index is -0.0000000133. The number of hydrogen-bond donors (Lipinski definition) is 0. The molecule has 40 valence electrons. The second-order valence-electron chi connectivity index (χ2n) is 0. The SMILES string of the molecule is S.[O]=[Ni].[S]=[Ni]. The average Bonchev–Trinajstić information content (AvgIpc) is 1.50. The second kappa shape index (κ2) is 55.2. The molecular formula is H2Ni2OS2. The predicted octanol–water partition coefficient (Wildman–Crippen LogP) is 0.637. The zero-order valence-corrected chi connectivity index (χ0v) is 5.74. The fourth-order valence-electron chi connectivity index (χ4n) is 0. The van der Waals surface area contributed by atoms with Gasteiger partial charge in [-0.2, -0.15) is 13.5 Å². The number of hydrogen-bond acceptors (Lipinski definition) is 2. The monoisotopic (exact) mass is 198 g/mol. The van der Waals surface area contributed by atoms with Gasteiger partial charge in [0.2, 0.25) is 0 Å². The molecule has 0 unspecified atom stereocenters. The molecule has 0 amide bonds. The Morgan fingerprint density at radius 1 is 1.20 bits per heavy atom. The van der Waals surface area contributed by atoms with Gasteiger partial charge in [0.05, 0.1) is 0 Å². The van der Waals surface area contributed by atoms with Crippen molar-refractivity contribution in [3.63, 3.8) is 0 Å². The minimum absolute atomic E-state index is 0. The molecule has 0 N–H and O–H groups in total. The fraction of sp³-hybridized carbons (Fsp3) is 0. The van der Waals surface area contributed by atoms with Crippen LogP contribution < -0.4 is 0 Å². The Bertz CT molecular complexity index is 9.61. The van der Waals surface area contributed by atoms with Crippen LogP contribution in [0.1, 0.15) is 0 Å². The third kappa shape index (κ3) is 32.8. The molecule has 0 rings (SSSR count). The Labute approximate surface area is 57.2 Å². The molecule has 0 fully saturated rings. The first kappa shape index (κ1) is 16.2. The van der Waals surface area contributed by atoms with Crippen molar-refractivity contribution in [2.75, 3.05) is 0 Å². The van der Waals surface area contributed by atoms with Gasteiger partial charge >= 0.3 is 43.8 Å². The van der Waals surface area contributed by atoms with E-state index in [1.54, 1.807) is 0 Å². The topological polar surface area (TPSA) is 17.1 Å². The molecule has 0 bridgehead atoms. The van der Waals surface area contributed by atoms with Crippen LogP contribution in [0.25, 0.3) is 0 Å². The van der Waals surface area contributed by atoms with Gasteiger partial charge in [0, 0.05) is 0 Å². The van der Waals surface area contributed by atoms with Crippen LogP contribution in [0.2, 0.25) is 0 Å².